The van der Waals surface area contributed by atoms with E-state index in [2.05, 4.69) is 29.4 Å². The van der Waals surface area contributed by atoms with Crippen LogP contribution in [0, 0.1) is 6.92 Å². The molecule has 0 saturated heterocycles. The number of carbonyl (C=O) groups is 1. The van der Waals surface area contributed by atoms with E-state index in [-0.39, 0.29) is 11.4 Å². The summed E-state index contributed by atoms with van der Waals surface area (Å²) in [5, 5.41) is 7.22. The monoisotopic (exact) mass is 279 g/mol. The van der Waals surface area contributed by atoms with Crippen LogP contribution >= 0.6 is 0 Å². The molecule has 0 aliphatic heterocycles. The van der Waals surface area contributed by atoms with Crippen molar-refractivity contribution in [1.82, 2.24) is 20.0 Å². The van der Waals surface area contributed by atoms with E-state index in [0.717, 1.165) is 12.8 Å². The van der Waals surface area contributed by atoms with Crippen molar-refractivity contribution in [2.45, 2.75) is 38.1 Å². The standard InChI is InChI=1S/C14H25N5O/c1-10-11(15)12(19(4)17-10)13(20)16-9-14(18(2)3)7-5-6-8-14/h5-9,15H2,1-4H3,(H,16,20). The Morgan fingerprint density at radius 2 is 2.05 bits per heavy atom. The second-order valence-corrected chi connectivity index (χ2v) is 5.98. The maximum Gasteiger partial charge on any atom is 0.271 e. The van der Waals surface area contributed by atoms with Crippen molar-refractivity contribution in [3.63, 3.8) is 0 Å². The molecular formula is C14H25N5O. The maximum atomic E-state index is 12.4. The lowest BCUT2D eigenvalue weighted by molar-refractivity contribution is 0.0891. The lowest BCUT2D eigenvalue weighted by Gasteiger charge is -2.36. The number of likely N-dealkylation sites (N-methyl/N-ethyl adjacent to an activating group) is 1. The van der Waals surface area contributed by atoms with Crippen molar-refractivity contribution in [2.75, 3.05) is 26.4 Å². The molecule has 6 nitrogen and oxygen atoms in total. The minimum atomic E-state index is -0.140. The van der Waals surface area contributed by atoms with Gasteiger partial charge in [-0.3, -0.25) is 9.48 Å². The highest BCUT2D eigenvalue weighted by molar-refractivity contribution is 5.97. The number of aromatic nitrogens is 2. The SMILES string of the molecule is Cc1nn(C)c(C(=O)NCC2(N(C)C)CCCC2)c1N. The van der Waals surface area contributed by atoms with Crippen LogP contribution in [0.2, 0.25) is 0 Å². The Labute approximate surface area is 120 Å². The molecule has 6 heteroatoms. The lowest BCUT2D eigenvalue weighted by atomic mass is 9.96. The molecule has 2 rings (SSSR count). The molecule has 1 heterocycles. The van der Waals surface area contributed by atoms with Gasteiger partial charge in [0.05, 0.1) is 11.4 Å². The Balaban J connectivity index is 2.08. The molecule has 0 unspecified atom stereocenters. The number of rotatable bonds is 4. The number of nitrogens with zero attached hydrogens (tertiary/aromatic N) is 3. The van der Waals surface area contributed by atoms with Gasteiger partial charge in [-0.1, -0.05) is 12.8 Å². The quantitative estimate of drug-likeness (QED) is 0.859. The zero-order valence-electron chi connectivity index (χ0n) is 12.9. The molecular weight excluding hydrogens is 254 g/mol. The van der Waals surface area contributed by atoms with E-state index >= 15 is 0 Å². The first kappa shape index (κ1) is 14.8. The van der Waals surface area contributed by atoms with Crippen LogP contribution < -0.4 is 11.1 Å². The van der Waals surface area contributed by atoms with E-state index in [4.69, 9.17) is 5.73 Å². The first-order valence-electron chi connectivity index (χ1n) is 7.12. The van der Waals surface area contributed by atoms with Gasteiger partial charge in [0.15, 0.2) is 0 Å². The van der Waals surface area contributed by atoms with E-state index in [9.17, 15) is 4.79 Å². The molecule has 0 spiro atoms. The average molecular weight is 279 g/mol. The second kappa shape index (κ2) is 5.44. The topological polar surface area (TPSA) is 76.2 Å². The predicted octanol–water partition coefficient (Wildman–Crippen LogP) is 0.915. The highest BCUT2D eigenvalue weighted by atomic mass is 16.2. The molecule has 1 aromatic rings. The molecule has 3 N–H and O–H groups in total. The summed E-state index contributed by atoms with van der Waals surface area (Å²) in [6.45, 7) is 2.47. The molecule has 0 atom stereocenters. The summed E-state index contributed by atoms with van der Waals surface area (Å²) in [6, 6.07) is 0. The van der Waals surface area contributed by atoms with Gasteiger partial charge in [0.25, 0.3) is 5.91 Å². The van der Waals surface area contributed by atoms with Crippen LogP contribution in [0.4, 0.5) is 5.69 Å². The van der Waals surface area contributed by atoms with Crippen molar-refractivity contribution in [3.05, 3.63) is 11.4 Å². The van der Waals surface area contributed by atoms with E-state index in [0.29, 0.717) is 23.6 Å². The minimum Gasteiger partial charge on any atom is -0.395 e. The Bertz CT molecular complexity index is 500. The fourth-order valence-corrected chi connectivity index (χ4v) is 3.09. The number of hydrogen-bond donors (Lipinski definition) is 2. The number of nitrogen functional groups attached to an aromatic ring is 1. The summed E-state index contributed by atoms with van der Waals surface area (Å²) >= 11 is 0. The van der Waals surface area contributed by atoms with Crippen LogP contribution in [0.5, 0.6) is 0 Å². The fraction of sp³-hybridized carbons (Fsp3) is 0.714. The van der Waals surface area contributed by atoms with Crippen molar-refractivity contribution in [2.24, 2.45) is 7.05 Å². The summed E-state index contributed by atoms with van der Waals surface area (Å²) in [4.78, 5) is 14.6. The number of anilines is 1. The average Bonchev–Trinajstić information content (AvgIpc) is 2.94. The number of hydrogen-bond acceptors (Lipinski definition) is 4. The Kier molecular flexibility index (Phi) is 4.04. The lowest BCUT2D eigenvalue weighted by Crippen LogP contribution is -2.51. The third-order valence-corrected chi connectivity index (χ3v) is 4.54. The van der Waals surface area contributed by atoms with Crippen LogP contribution in [0.1, 0.15) is 41.9 Å². The molecule has 0 radical (unpaired) electrons. The van der Waals surface area contributed by atoms with Crippen LogP contribution in [-0.4, -0.2) is 46.8 Å². The Morgan fingerprint density at radius 3 is 2.50 bits per heavy atom. The van der Waals surface area contributed by atoms with Crippen molar-refractivity contribution in [3.8, 4) is 0 Å². The van der Waals surface area contributed by atoms with Gasteiger partial charge in [-0.15, -0.1) is 0 Å². The van der Waals surface area contributed by atoms with Crippen LogP contribution in [0.15, 0.2) is 0 Å². The maximum absolute atomic E-state index is 12.4. The number of nitrogens with two attached hydrogens (primary N) is 1. The van der Waals surface area contributed by atoms with E-state index in [1.807, 2.05) is 6.92 Å². The van der Waals surface area contributed by atoms with Gasteiger partial charge in [0, 0.05) is 19.1 Å². The molecule has 0 aromatic carbocycles. The summed E-state index contributed by atoms with van der Waals surface area (Å²) in [5.74, 6) is -0.140. The smallest absolute Gasteiger partial charge is 0.271 e. The van der Waals surface area contributed by atoms with E-state index in [1.165, 1.54) is 12.8 Å². The molecule has 1 fully saturated rings. The largest absolute Gasteiger partial charge is 0.395 e. The molecule has 20 heavy (non-hydrogen) atoms. The molecule has 1 amide bonds. The Morgan fingerprint density at radius 1 is 1.45 bits per heavy atom. The van der Waals surface area contributed by atoms with Gasteiger partial charge in [-0.2, -0.15) is 5.10 Å². The molecule has 1 saturated carbocycles. The highest BCUT2D eigenvalue weighted by Crippen LogP contribution is 2.33. The molecule has 1 aliphatic carbocycles. The van der Waals surface area contributed by atoms with Gasteiger partial charge in [0.1, 0.15) is 5.69 Å². The summed E-state index contributed by atoms with van der Waals surface area (Å²) in [7, 11) is 5.91. The highest BCUT2D eigenvalue weighted by Gasteiger charge is 2.36. The number of amides is 1. The van der Waals surface area contributed by atoms with Crippen LogP contribution in [0.3, 0.4) is 0 Å². The van der Waals surface area contributed by atoms with Gasteiger partial charge in [0.2, 0.25) is 0 Å². The fourth-order valence-electron chi connectivity index (χ4n) is 3.09. The third-order valence-electron chi connectivity index (χ3n) is 4.54. The van der Waals surface area contributed by atoms with Crippen LogP contribution in [0.25, 0.3) is 0 Å². The number of aryl methyl sites for hydroxylation is 2. The van der Waals surface area contributed by atoms with E-state index < -0.39 is 0 Å². The van der Waals surface area contributed by atoms with E-state index in [1.54, 1.807) is 11.7 Å². The predicted molar refractivity (Wildman–Crippen MR) is 79.6 cm³/mol. The first-order valence-corrected chi connectivity index (χ1v) is 7.12. The normalized spacial score (nSPS) is 17.6. The summed E-state index contributed by atoms with van der Waals surface area (Å²) in [6.07, 6.45) is 4.70. The molecule has 112 valence electrons. The molecule has 1 aromatic heterocycles. The van der Waals surface area contributed by atoms with Gasteiger partial charge in [-0.05, 0) is 33.9 Å². The van der Waals surface area contributed by atoms with Crippen LogP contribution in [-0.2, 0) is 7.05 Å². The Hall–Kier alpha value is -1.56. The first-order chi connectivity index (χ1) is 9.37. The summed E-state index contributed by atoms with van der Waals surface area (Å²) < 4.78 is 1.55. The molecule has 0 bridgehead atoms. The number of nitrogens with one attached hydrogen (secondary N) is 1. The molecule has 1 aliphatic rings. The number of carbonyl (C=O) groups excluding carboxylic acids is 1. The van der Waals surface area contributed by atoms with Gasteiger partial charge in [-0.25, -0.2) is 0 Å². The zero-order chi connectivity index (χ0) is 14.9. The second-order valence-electron chi connectivity index (χ2n) is 5.98. The van der Waals surface area contributed by atoms with Crippen molar-refractivity contribution in [1.29, 1.82) is 0 Å². The zero-order valence-corrected chi connectivity index (χ0v) is 12.9. The minimum absolute atomic E-state index is 0.0814. The van der Waals surface area contributed by atoms with Crippen molar-refractivity contribution < 1.29 is 4.79 Å². The van der Waals surface area contributed by atoms with Gasteiger partial charge < -0.3 is 16.0 Å². The van der Waals surface area contributed by atoms with Crippen molar-refractivity contribution >= 4 is 11.6 Å². The summed E-state index contributed by atoms with van der Waals surface area (Å²) in [5.41, 5.74) is 7.62. The third kappa shape index (κ3) is 2.52. The van der Waals surface area contributed by atoms with Gasteiger partial charge >= 0.3 is 0 Å².